The Balaban J connectivity index is 1.54. The largest absolute Gasteiger partial charge is 0.490 e. The third-order valence-corrected chi connectivity index (χ3v) is 3.87. The minimum atomic E-state index is -0.228. The number of carbonyl (C=O) groups excluding carboxylic acids is 1. The molecule has 0 unspecified atom stereocenters. The van der Waals surface area contributed by atoms with Crippen LogP contribution >= 0.6 is 11.6 Å². The van der Waals surface area contributed by atoms with Crippen LogP contribution in [0.1, 0.15) is 29.6 Å². The molecule has 0 spiro atoms. The Morgan fingerprint density at radius 1 is 1.45 bits per heavy atom. The fourth-order valence-electron chi connectivity index (χ4n) is 2.10. The van der Waals surface area contributed by atoms with Crippen molar-refractivity contribution in [2.75, 3.05) is 6.54 Å². The van der Waals surface area contributed by atoms with E-state index in [1.54, 1.807) is 18.2 Å². The highest BCUT2D eigenvalue weighted by Gasteiger charge is 2.20. The first kappa shape index (κ1) is 14.8. The van der Waals surface area contributed by atoms with Crippen LogP contribution in [0.3, 0.4) is 0 Å². The van der Waals surface area contributed by atoms with E-state index in [-0.39, 0.29) is 12.0 Å². The van der Waals surface area contributed by atoms with Gasteiger partial charge in [-0.2, -0.15) is 0 Å². The maximum Gasteiger partial charge on any atom is 0.252 e. The van der Waals surface area contributed by atoms with Gasteiger partial charge < -0.3 is 10.1 Å². The van der Waals surface area contributed by atoms with Gasteiger partial charge in [-0.1, -0.05) is 11.6 Å². The Bertz CT molecular complexity index is 643. The molecule has 0 saturated heterocycles. The number of hydrogen-bond acceptors (Lipinski definition) is 5. The number of nitrogens with one attached hydrogen (secondary N) is 1. The first-order chi connectivity index (χ1) is 10.7. The first-order valence-electron chi connectivity index (χ1n) is 7.17. The molecule has 0 bridgehead atoms. The van der Waals surface area contributed by atoms with E-state index < -0.39 is 0 Å². The zero-order valence-electron chi connectivity index (χ0n) is 11.9. The quantitative estimate of drug-likeness (QED) is 0.875. The van der Waals surface area contributed by atoms with Crippen LogP contribution in [0.2, 0.25) is 5.02 Å². The molecule has 22 heavy (non-hydrogen) atoms. The number of nitrogens with zero attached hydrogens (tertiary/aromatic N) is 4. The summed E-state index contributed by atoms with van der Waals surface area (Å²) >= 11 is 6.17. The predicted octanol–water partition coefficient (Wildman–Crippen LogP) is 1.69. The standard InChI is InChI=1S/C14H16ClN5O2/c15-13-8-11(22-10-2-1-3-10)4-5-12(13)14(21)16-6-7-20-9-17-18-19-20/h4-5,8-10H,1-3,6-7H2,(H,16,21). The van der Waals surface area contributed by atoms with Gasteiger partial charge in [0.05, 0.1) is 23.2 Å². The van der Waals surface area contributed by atoms with E-state index >= 15 is 0 Å². The van der Waals surface area contributed by atoms with Crippen LogP contribution < -0.4 is 10.1 Å². The third-order valence-electron chi connectivity index (χ3n) is 3.56. The molecule has 1 fully saturated rings. The molecule has 8 heteroatoms. The average molecular weight is 322 g/mol. The number of ether oxygens (including phenoxy) is 1. The Hall–Kier alpha value is -2.15. The monoisotopic (exact) mass is 321 g/mol. The predicted molar refractivity (Wildman–Crippen MR) is 79.9 cm³/mol. The molecule has 3 rings (SSSR count). The normalized spacial score (nSPS) is 14.4. The van der Waals surface area contributed by atoms with E-state index in [2.05, 4.69) is 20.8 Å². The second-order valence-corrected chi connectivity index (χ2v) is 5.55. The van der Waals surface area contributed by atoms with Gasteiger partial charge in [-0.05, 0) is 47.9 Å². The third kappa shape index (κ3) is 3.54. The second kappa shape index (κ2) is 6.74. The van der Waals surface area contributed by atoms with Gasteiger partial charge in [-0.3, -0.25) is 4.79 Å². The molecule has 2 aromatic rings. The average Bonchev–Trinajstić information content (AvgIpc) is 2.96. The Kier molecular flexibility index (Phi) is 4.53. The minimum absolute atomic E-state index is 0.228. The number of rotatable bonds is 6. The molecule has 1 aliphatic carbocycles. The van der Waals surface area contributed by atoms with Gasteiger partial charge >= 0.3 is 0 Å². The van der Waals surface area contributed by atoms with Crippen molar-refractivity contribution in [1.29, 1.82) is 0 Å². The highest BCUT2D eigenvalue weighted by Crippen LogP contribution is 2.28. The van der Waals surface area contributed by atoms with Crippen LogP contribution in [0.4, 0.5) is 0 Å². The van der Waals surface area contributed by atoms with Crippen LogP contribution in [-0.2, 0) is 6.54 Å². The summed E-state index contributed by atoms with van der Waals surface area (Å²) in [6, 6.07) is 5.15. The summed E-state index contributed by atoms with van der Waals surface area (Å²) in [5.74, 6) is 0.480. The molecule has 1 amide bonds. The van der Waals surface area contributed by atoms with Gasteiger partial charge in [0, 0.05) is 6.54 Å². The number of benzene rings is 1. The molecule has 1 aromatic carbocycles. The van der Waals surface area contributed by atoms with Gasteiger partial charge in [0.1, 0.15) is 12.1 Å². The van der Waals surface area contributed by atoms with Crippen LogP contribution in [0.5, 0.6) is 5.75 Å². The van der Waals surface area contributed by atoms with Gasteiger partial charge in [0.15, 0.2) is 0 Å². The summed E-state index contributed by atoms with van der Waals surface area (Å²) < 4.78 is 7.29. The Morgan fingerprint density at radius 2 is 2.32 bits per heavy atom. The van der Waals surface area contributed by atoms with Crippen molar-refractivity contribution in [3.63, 3.8) is 0 Å². The lowest BCUT2D eigenvalue weighted by molar-refractivity contribution is 0.0951. The molecular weight excluding hydrogens is 306 g/mol. The zero-order chi connectivity index (χ0) is 15.4. The SMILES string of the molecule is O=C(NCCn1cnnn1)c1ccc(OC2CCC2)cc1Cl. The Labute approximate surface area is 132 Å². The molecule has 1 aromatic heterocycles. The van der Waals surface area contributed by atoms with Gasteiger partial charge in [0.25, 0.3) is 5.91 Å². The van der Waals surface area contributed by atoms with Gasteiger partial charge in [-0.25, -0.2) is 4.68 Å². The van der Waals surface area contributed by atoms with Crippen molar-refractivity contribution in [3.8, 4) is 5.75 Å². The summed E-state index contributed by atoms with van der Waals surface area (Å²) in [6.07, 6.45) is 5.15. The van der Waals surface area contributed by atoms with Crippen molar-refractivity contribution >= 4 is 17.5 Å². The number of amides is 1. The molecule has 0 radical (unpaired) electrons. The van der Waals surface area contributed by atoms with Crippen molar-refractivity contribution < 1.29 is 9.53 Å². The fourth-order valence-corrected chi connectivity index (χ4v) is 2.35. The fraction of sp³-hybridized carbons (Fsp3) is 0.429. The van der Waals surface area contributed by atoms with E-state index in [9.17, 15) is 4.79 Å². The molecule has 1 heterocycles. The van der Waals surface area contributed by atoms with Gasteiger partial charge in [-0.15, -0.1) is 5.10 Å². The number of aromatic nitrogens is 4. The van der Waals surface area contributed by atoms with Crippen molar-refractivity contribution in [3.05, 3.63) is 35.1 Å². The number of halogens is 1. The van der Waals surface area contributed by atoms with E-state index in [4.69, 9.17) is 16.3 Å². The lowest BCUT2D eigenvalue weighted by Gasteiger charge is -2.26. The second-order valence-electron chi connectivity index (χ2n) is 5.14. The summed E-state index contributed by atoms with van der Waals surface area (Å²) in [5.41, 5.74) is 0.430. The molecule has 7 nitrogen and oxygen atoms in total. The lowest BCUT2D eigenvalue weighted by Crippen LogP contribution is -2.28. The maximum atomic E-state index is 12.1. The van der Waals surface area contributed by atoms with E-state index in [0.29, 0.717) is 29.4 Å². The van der Waals surface area contributed by atoms with E-state index in [0.717, 1.165) is 12.8 Å². The molecule has 1 aliphatic rings. The molecule has 1 N–H and O–H groups in total. The lowest BCUT2D eigenvalue weighted by atomic mass is 9.96. The smallest absolute Gasteiger partial charge is 0.252 e. The summed E-state index contributed by atoms with van der Waals surface area (Å²) in [4.78, 5) is 12.1. The highest BCUT2D eigenvalue weighted by molar-refractivity contribution is 6.34. The molecule has 0 aliphatic heterocycles. The van der Waals surface area contributed by atoms with Crippen molar-refractivity contribution in [2.45, 2.75) is 31.9 Å². The van der Waals surface area contributed by atoms with Crippen molar-refractivity contribution in [1.82, 2.24) is 25.5 Å². The van der Waals surface area contributed by atoms with Crippen LogP contribution in [0, 0.1) is 0 Å². The van der Waals surface area contributed by atoms with Crippen molar-refractivity contribution in [2.24, 2.45) is 0 Å². The number of carbonyl (C=O) groups is 1. The number of hydrogen-bond donors (Lipinski definition) is 1. The number of tetrazole rings is 1. The molecular formula is C14H16ClN5O2. The van der Waals surface area contributed by atoms with E-state index in [1.165, 1.54) is 17.4 Å². The van der Waals surface area contributed by atoms with Crippen LogP contribution in [0.15, 0.2) is 24.5 Å². The molecule has 0 atom stereocenters. The Morgan fingerprint density at radius 3 is 2.95 bits per heavy atom. The zero-order valence-corrected chi connectivity index (χ0v) is 12.7. The molecule has 1 saturated carbocycles. The van der Waals surface area contributed by atoms with Gasteiger partial charge in [0.2, 0.25) is 0 Å². The first-order valence-corrected chi connectivity index (χ1v) is 7.55. The van der Waals surface area contributed by atoms with Crippen LogP contribution in [-0.4, -0.2) is 38.8 Å². The van der Waals surface area contributed by atoms with Crippen LogP contribution in [0.25, 0.3) is 0 Å². The topological polar surface area (TPSA) is 81.9 Å². The molecule has 116 valence electrons. The maximum absolute atomic E-state index is 12.1. The summed E-state index contributed by atoms with van der Waals surface area (Å²) in [5, 5.41) is 13.9. The highest BCUT2D eigenvalue weighted by atomic mass is 35.5. The van der Waals surface area contributed by atoms with E-state index in [1.807, 2.05) is 0 Å². The summed E-state index contributed by atoms with van der Waals surface area (Å²) in [6.45, 7) is 0.916. The minimum Gasteiger partial charge on any atom is -0.490 e. The summed E-state index contributed by atoms with van der Waals surface area (Å²) in [7, 11) is 0.